The molecular weight excluding hydrogens is 524 g/mol. The summed E-state index contributed by atoms with van der Waals surface area (Å²) in [4.78, 5) is 23.1. The molecule has 2 aliphatic rings. The van der Waals surface area contributed by atoms with Crippen LogP contribution in [0.15, 0.2) is 18.3 Å². The molecule has 1 aliphatic carbocycles. The molecule has 12 nitrogen and oxygen atoms in total. The number of alkyl halides is 2. The number of carboxylic acid groups (broad SMARTS) is 1. The molecule has 1 saturated heterocycles. The van der Waals surface area contributed by atoms with E-state index in [-0.39, 0.29) is 52.7 Å². The van der Waals surface area contributed by atoms with E-state index in [9.17, 15) is 23.9 Å². The van der Waals surface area contributed by atoms with Crippen LogP contribution in [0.4, 0.5) is 36.7 Å². The molecule has 1 saturated carbocycles. The van der Waals surface area contributed by atoms with Gasteiger partial charge in [-0.1, -0.05) is 11.6 Å². The average molecular weight is 548 g/mol. The maximum absolute atomic E-state index is 13.9. The van der Waals surface area contributed by atoms with E-state index in [1.807, 2.05) is 6.07 Å². The van der Waals surface area contributed by atoms with Crippen molar-refractivity contribution in [1.29, 1.82) is 5.26 Å². The van der Waals surface area contributed by atoms with Crippen LogP contribution in [0, 0.1) is 11.3 Å². The van der Waals surface area contributed by atoms with Crippen LogP contribution in [0.5, 0.6) is 0 Å². The van der Waals surface area contributed by atoms with Crippen molar-refractivity contribution < 1.29 is 23.4 Å². The predicted molar refractivity (Wildman–Crippen MR) is 134 cm³/mol. The Morgan fingerprint density at radius 1 is 1.37 bits per heavy atom. The van der Waals surface area contributed by atoms with E-state index in [0.717, 1.165) is 17.7 Å². The molecule has 3 aromatic rings. The average Bonchev–Trinajstić information content (AvgIpc) is 3.44. The van der Waals surface area contributed by atoms with Crippen LogP contribution in [0.1, 0.15) is 30.5 Å². The van der Waals surface area contributed by atoms with Crippen molar-refractivity contribution in [2.75, 3.05) is 42.8 Å². The lowest BCUT2D eigenvalue weighted by molar-refractivity contribution is 0.0536. The second-order valence-corrected chi connectivity index (χ2v) is 9.54. The number of anilines is 4. The first-order chi connectivity index (χ1) is 18.2. The van der Waals surface area contributed by atoms with Crippen molar-refractivity contribution >= 4 is 46.5 Å². The number of hydrogen-bond acceptors (Lipinski definition) is 9. The molecule has 38 heavy (non-hydrogen) atoms. The summed E-state index contributed by atoms with van der Waals surface area (Å²) < 4.78 is 34.7. The lowest BCUT2D eigenvalue weighted by atomic mass is 10.1. The number of ether oxygens (including phenoxy) is 1. The minimum atomic E-state index is -2.81. The number of likely N-dealkylation sites (N-methyl/N-ethyl adjacent to an activating group) is 1. The second kappa shape index (κ2) is 10.1. The number of fused-ring (bicyclic) bond motifs is 1. The van der Waals surface area contributed by atoms with Gasteiger partial charge >= 0.3 is 6.09 Å². The molecule has 1 aliphatic heterocycles. The lowest BCUT2D eigenvalue weighted by Gasteiger charge is -2.25. The molecule has 2 aromatic heterocycles. The fourth-order valence-electron chi connectivity index (χ4n) is 4.43. The Morgan fingerprint density at radius 3 is 2.76 bits per heavy atom. The Morgan fingerprint density at radius 2 is 2.13 bits per heavy atom. The van der Waals surface area contributed by atoms with E-state index in [4.69, 9.17) is 16.3 Å². The number of imidazole rings is 1. The van der Waals surface area contributed by atoms with Crippen LogP contribution in [0.2, 0.25) is 5.02 Å². The molecule has 0 bridgehead atoms. The number of amides is 1. The van der Waals surface area contributed by atoms with Crippen molar-refractivity contribution in [2.45, 2.75) is 37.5 Å². The summed E-state index contributed by atoms with van der Waals surface area (Å²) in [6, 6.07) is 4.19. The van der Waals surface area contributed by atoms with Crippen LogP contribution in [0.3, 0.4) is 0 Å². The summed E-state index contributed by atoms with van der Waals surface area (Å²) in [6.45, 7) is 0.425. The number of methoxy groups -OCH3 is 1. The van der Waals surface area contributed by atoms with Crippen molar-refractivity contribution in [3.8, 4) is 6.07 Å². The highest BCUT2D eigenvalue weighted by atomic mass is 35.5. The monoisotopic (exact) mass is 547 g/mol. The van der Waals surface area contributed by atoms with Crippen LogP contribution in [-0.2, 0) is 4.74 Å². The number of hydrogen-bond donors (Lipinski definition) is 3. The van der Waals surface area contributed by atoms with Gasteiger partial charge in [-0.05, 0) is 25.0 Å². The van der Waals surface area contributed by atoms with Gasteiger partial charge in [0, 0.05) is 38.9 Å². The highest BCUT2D eigenvalue weighted by Gasteiger charge is 2.39. The molecule has 0 radical (unpaired) electrons. The van der Waals surface area contributed by atoms with Crippen molar-refractivity contribution in [3.05, 3.63) is 34.6 Å². The lowest BCUT2D eigenvalue weighted by Crippen LogP contribution is -2.44. The fourth-order valence-corrected chi connectivity index (χ4v) is 4.70. The first-order valence-corrected chi connectivity index (χ1v) is 12.1. The smallest absolute Gasteiger partial charge is 0.407 e. The SMILES string of the molecule is CO[C@H]1CN(c2cc(C(F)F)cc(Nc3nc(NC4CC4)c4ncc(C#N)n4n3)c2Cl)C[C@@H]1N(C)C(=O)O. The number of benzene rings is 1. The van der Waals surface area contributed by atoms with Gasteiger partial charge in [-0.15, -0.1) is 5.10 Å². The van der Waals surface area contributed by atoms with Gasteiger partial charge in [0.15, 0.2) is 17.2 Å². The maximum atomic E-state index is 13.9. The van der Waals surface area contributed by atoms with E-state index >= 15 is 0 Å². The molecule has 0 unspecified atom stereocenters. The molecule has 3 N–H and O–H groups in total. The first-order valence-electron chi connectivity index (χ1n) is 11.7. The molecular formula is C23H24ClF2N9O3. The van der Waals surface area contributed by atoms with Crippen LogP contribution < -0.4 is 15.5 Å². The fraction of sp³-hybridized carbons (Fsp3) is 0.435. The van der Waals surface area contributed by atoms with Gasteiger partial charge in [0.1, 0.15) is 6.07 Å². The minimum absolute atomic E-state index is 0.0223. The van der Waals surface area contributed by atoms with Crippen LogP contribution >= 0.6 is 11.6 Å². The van der Waals surface area contributed by atoms with Gasteiger partial charge < -0.3 is 30.3 Å². The highest BCUT2D eigenvalue weighted by Crippen LogP contribution is 2.40. The topological polar surface area (TPSA) is 144 Å². The summed E-state index contributed by atoms with van der Waals surface area (Å²) >= 11 is 6.72. The second-order valence-electron chi connectivity index (χ2n) is 9.16. The number of aromatic nitrogens is 4. The molecule has 0 spiro atoms. The zero-order valence-electron chi connectivity index (χ0n) is 20.4. The molecule has 2 atom stereocenters. The Bertz CT molecular complexity index is 1430. The molecule has 1 amide bonds. The number of nitrogens with one attached hydrogen (secondary N) is 2. The van der Waals surface area contributed by atoms with Gasteiger partial charge in [-0.3, -0.25) is 0 Å². The van der Waals surface area contributed by atoms with E-state index < -0.39 is 24.7 Å². The van der Waals surface area contributed by atoms with E-state index in [2.05, 4.69) is 25.7 Å². The van der Waals surface area contributed by atoms with Crippen LogP contribution in [-0.4, -0.2) is 81.1 Å². The summed E-state index contributed by atoms with van der Waals surface area (Å²) in [5.74, 6) is 0.420. The number of nitrogens with zero attached hydrogens (tertiary/aromatic N) is 7. The third-order valence-electron chi connectivity index (χ3n) is 6.65. The quantitative estimate of drug-likeness (QED) is 0.381. The van der Waals surface area contributed by atoms with E-state index in [0.29, 0.717) is 11.5 Å². The normalized spacial score (nSPS) is 19.1. The minimum Gasteiger partial charge on any atom is -0.465 e. The van der Waals surface area contributed by atoms with Crippen molar-refractivity contribution in [2.24, 2.45) is 0 Å². The van der Waals surface area contributed by atoms with E-state index in [1.165, 1.54) is 37.0 Å². The third-order valence-corrected chi connectivity index (χ3v) is 7.05. The van der Waals surface area contributed by atoms with Gasteiger partial charge in [0.2, 0.25) is 5.95 Å². The molecule has 200 valence electrons. The zero-order chi connectivity index (χ0) is 27.1. The van der Waals surface area contributed by atoms with Crippen molar-refractivity contribution in [1.82, 2.24) is 24.5 Å². The molecule has 15 heteroatoms. The third kappa shape index (κ3) is 4.82. The van der Waals surface area contributed by atoms with Crippen molar-refractivity contribution in [3.63, 3.8) is 0 Å². The first kappa shape index (κ1) is 25.7. The standard InChI is InChI=1S/C23H24ClF2N9O3/c1-33(23(36)37)16-9-34(10-17(16)38-2)15-6-11(19(25)26)5-14(18(15)24)30-22-31-20(29-12-3-4-12)21-28-8-13(7-27)35(21)32-22/h5-6,8,12,16-17,19H,3-4,9-10H2,1-2H3,(H,36,37)(H2,29,30,31,32)/t16-,17-/m0/s1. The summed E-state index contributed by atoms with van der Waals surface area (Å²) in [6.07, 6.45) is -1.13. The number of rotatable bonds is 8. The molecule has 1 aromatic carbocycles. The number of nitriles is 1. The zero-order valence-corrected chi connectivity index (χ0v) is 21.2. The maximum Gasteiger partial charge on any atom is 0.407 e. The Balaban J connectivity index is 1.53. The molecule has 5 rings (SSSR count). The van der Waals surface area contributed by atoms with Gasteiger partial charge in [0.05, 0.1) is 34.7 Å². The summed E-state index contributed by atoms with van der Waals surface area (Å²) in [7, 11) is 2.90. The molecule has 3 heterocycles. The number of halogens is 3. The summed E-state index contributed by atoms with van der Waals surface area (Å²) in [5.41, 5.74) is 0.651. The van der Waals surface area contributed by atoms with Gasteiger partial charge in [-0.2, -0.15) is 14.8 Å². The number of carbonyl (C=O) groups is 1. The van der Waals surface area contributed by atoms with Gasteiger partial charge in [-0.25, -0.2) is 18.6 Å². The largest absolute Gasteiger partial charge is 0.465 e. The highest BCUT2D eigenvalue weighted by molar-refractivity contribution is 6.36. The Kier molecular flexibility index (Phi) is 6.80. The van der Waals surface area contributed by atoms with Crippen LogP contribution in [0.25, 0.3) is 5.65 Å². The predicted octanol–water partition coefficient (Wildman–Crippen LogP) is 3.72. The summed E-state index contributed by atoms with van der Waals surface area (Å²) in [5, 5.41) is 29.5. The van der Waals surface area contributed by atoms with E-state index in [1.54, 1.807) is 4.90 Å². The Hall–Kier alpha value is -3.96. The Labute approximate surface area is 220 Å². The molecule has 2 fully saturated rings. The van der Waals surface area contributed by atoms with Gasteiger partial charge in [0.25, 0.3) is 6.43 Å².